The number of piperidine rings is 2. The molecule has 2 aliphatic heterocycles. The number of fused-ring (bicyclic) bond motifs is 3. The first-order valence-electron chi connectivity index (χ1n) is 13.5. The van der Waals surface area contributed by atoms with E-state index in [9.17, 15) is 18.0 Å². The van der Waals surface area contributed by atoms with Crippen molar-refractivity contribution in [3.05, 3.63) is 59.4 Å². The van der Waals surface area contributed by atoms with E-state index < -0.39 is 6.36 Å². The molecule has 2 saturated heterocycles. The van der Waals surface area contributed by atoms with E-state index in [-0.39, 0.29) is 35.9 Å². The highest BCUT2D eigenvalue weighted by Gasteiger charge is 2.48. The predicted molar refractivity (Wildman–Crippen MR) is 144 cm³/mol. The lowest BCUT2D eigenvalue weighted by molar-refractivity contribution is -0.274. The van der Waals surface area contributed by atoms with E-state index >= 15 is 0 Å². The van der Waals surface area contributed by atoms with E-state index in [4.69, 9.17) is 19.0 Å². The van der Waals surface area contributed by atoms with Crippen LogP contribution in [0.4, 0.5) is 18.3 Å². The summed E-state index contributed by atoms with van der Waals surface area (Å²) in [5.41, 5.74) is 2.59. The Morgan fingerprint density at radius 1 is 1.15 bits per heavy atom. The average molecular weight is 586 g/mol. The van der Waals surface area contributed by atoms with E-state index in [1.807, 2.05) is 12.1 Å². The molecule has 2 aromatic carbocycles. The minimum atomic E-state index is -4.82. The van der Waals surface area contributed by atoms with Crippen LogP contribution in [0.25, 0.3) is 21.5 Å². The highest BCUT2D eigenvalue weighted by molar-refractivity contribution is 7.22. The third-order valence-electron chi connectivity index (χ3n) is 8.07. The van der Waals surface area contributed by atoms with Crippen molar-refractivity contribution in [2.75, 3.05) is 25.1 Å². The number of rotatable bonds is 8. The Labute approximate surface area is 237 Å². The lowest BCUT2D eigenvalue weighted by Crippen LogP contribution is -2.59. The molecule has 41 heavy (non-hydrogen) atoms. The van der Waals surface area contributed by atoms with Gasteiger partial charge in [-0.05, 0) is 49.6 Å². The number of esters is 1. The van der Waals surface area contributed by atoms with Crippen LogP contribution in [-0.2, 0) is 16.1 Å². The minimum absolute atomic E-state index is 0.0306. The molecule has 2 bridgehead atoms. The molecule has 4 heterocycles. The SMILES string of the molecule is COC(=O)c1ccc2nc(N3CC4CC(C3)C4OCc3c(-c4ccccc4OC(F)(F)F)noc3C3CC3)sc2c1. The number of nitrogens with zero attached hydrogens (tertiary/aromatic N) is 3. The fraction of sp³-hybridized carbons (Fsp3) is 0.414. The molecule has 8 rings (SSSR count). The molecular weight excluding hydrogens is 559 g/mol. The molecule has 0 spiro atoms. The molecule has 2 unspecified atom stereocenters. The van der Waals surface area contributed by atoms with Crippen LogP contribution in [0.3, 0.4) is 0 Å². The average Bonchev–Trinajstić information content (AvgIpc) is 3.57. The summed E-state index contributed by atoms with van der Waals surface area (Å²) in [5.74, 6) is 0.815. The highest BCUT2D eigenvalue weighted by Crippen LogP contribution is 2.48. The Bertz CT molecular complexity index is 1600. The summed E-state index contributed by atoms with van der Waals surface area (Å²) in [6, 6.07) is 11.3. The van der Waals surface area contributed by atoms with E-state index in [1.54, 1.807) is 29.5 Å². The minimum Gasteiger partial charge on any atom is -0.465 e. The maximum absolute atomic E-state index is 13.1. The number of alkyl halides is 3. The van der Waals surface area contributed by atoms with Crippen molar-refractivity contribution >= 4 is 32.7 Å². The van der Waals surface area contributed by atoms with Crippen LogP contribution in [0.2, 0.25) is 0 Å². The van der Waals surface area contributed by atoms with Crippen molar-refractivity contribution in [3.8, 4) is 17.0 Å². The predicted octanol–water partition coefficient (Wildman–Crippen LogP) is 6.56. The van der Waals surface area contributed by atoms with Crippen molar-refractivity contribution < 1.29 is 36.7 Å². The third-order valence-corrected chi connectivity index (χ3v) is 9.15. The topological polar surface area (TPSA) is 86.9 Å². The van der Waals surface area contributed by atoms with E-state index in [1.165, 1.54) is 19.2 Å². The van der Waals surface area contributed by atoms with Gasteiger partial charge in [-0.2, -0.15) is 0 Å². The second kappa shape index (κ2) is 10.0. The Hall–Kier alpha value is -3.64. The van der Waals surface area contributed by atoms with Crippen LogP contribution >= 0.6 is 11.3 Å². The standard InChI is InChI=1S/C29H26F3N3O5S/c1-37-27(36)16-8-9-21-23(11-16)41-28(33-21)35-12-17-10-18(13-35)25(17)38-14-20-24(34-40-26(20)15-6-7-15)19-4-2-3-5-22(19)39-29(30,31)32/h2-5,8-9,11,15,17-18,25H,6-7,10,12-14H2,1H3. The molecule has 0 radical (unpaired) electrons. The number of carbonyl (C=O) groups is 1. The summed E-state index contributed by atoms with van der Waals surface area (Å²) in [4.78, 5) is 19.0. The first kappa shape index (κ1) is 26.3. The monoisotopic (exact) mass is 585 g/mol. The number of benzene rings is 2. The zero-order valence-corrected chi connectivity index (χ0v) is 22.8. The Morgan fingerprint density at radius 2 is 1.93 bits per heavy atom. The number of aromatic nitrogens is 2. The van der Waals surface area contributed by atoms with Gasteiger partial charge in [-0.1, -0.05) is 28.6 Å². The van der Waals surface area contributed by atoms with Crippen LogP contribution in [-0.4, -0.2) is 48.8 Å². The summed E-state index contributed by atoms with van der Waals surface area (Å²) in [6.07, 6.45) is -1.84. The molecule has 0 N–H and O–H groups in total. The van der Waals surface area contributed by atoms with Gasteiger partial charge in [0, 0.05) is 42.0 Å². The fourth-order valence-corrected chi connectivity index (χ4v) is 6.98. The number of methoxy groups -OCH3 is 1. The van der Waals surface area contributed by atoms with Gasteiger partial charge in [-0.15, -0.1) is 13.2 Å². The van der Waals surface area contributed by atoms with Crippen molar-refractivity contribution in [2.24, 2.45) is 11.8 Å². The zero-order chi connectivity index (χ0) is 28.3. The van der Waals surface area contributed by atoms with Crippen molar-refractivity contribution in [2.45, 2.75) is 44.3 Å². The molecule has 2 atom stereocenters. The number of thiazole rings is 1. The molecule has 8 nitrogen and oxygen atoms in total. The van der Waals surface area contributed by atoms with Crippen molar-refractivity contribution in [1.82, 2.24) is 10.1 Å². The number of carbonyl (C=O) groups excluding carboxylic acids is 1. The van der Waals surface area contributed by atoms with Crippen LogP contribution < -0.4 is 9.64 Å². The van der Waals surface area contributed by atoms with Gasteiger partial charge in [0.05, 0.1) is 35.6 Å². The van der Waals surface area contributed by atoms with Gasteiger partial charge in [0.1, 0.15) is 17.2 Å². The summed E-state index contributed by atoms with van der Waals surface area (Å²) in [6.45, 7) is 1.79. The molecule has 4 aliphatic rings. The van der Waals surface area contributed by atoms with Crippen LogP contribution in [0.1, 0.15) is 46.9 Å². The molecule has 4 aromatic rings. The first-order chi connectivity index (χ1) is 19.8. The Kier molecular flexibility index (Phi) is 6.42. The molecule has 2 aromatic heterocycles. The molecule has 0 amide bonds. The van der Waals surface area contributed by atoms with Crippen LogP contribution in [0.15, 0.2) is 47.0 Å². The summed E-state index contributed by atoms with van der Waals surface area (Å²) < 4.78 is 61.4. The van der Waals surface area contributed by atoms with Gasteiger partial charge in [0.2, 0.25) is 0 Å². The summed E-state index contributed by atoms with van der Waals surface area (Å²) >= 11 is 1.55. The van der Waals surface area contributed by atoms with E-state index in [0.717, 1.165) is 47.7 Å². The lowest BCUT2D eigenvalue weighted by atomic mass is 9.68. The zero-order valence-electron chi connectivity index (χ0n) is 22.0. The smallest absolute Gasteiger partial charge is 0.465 e. The highest BCUT2D eigenvalue weighted by atomic mass is 32.1. The second-order valence-corrected chi connectivity index (χ2v) is 11.8. The quantitative estimate of drug-likeness (QED) is 0.215. The van der Waals surface area contributed by atoms with Gasteiger partial charge in [-0.25, -0.2) is 9.78 Å². The molecule has 214 valence electrons. The number of anilines is 1. The summed E-state index contributed by atoms with van der Waals surface area (Å²) in [7, 11) is 1.36. The van der Waals surface area contributed by atoms with Crippen LogP contribution in [0, 0.1) is 11.8 Å². The van der Waals surface area contributed by atoms with Crippen molar-refractivity contribution in [1.29, 1.82) is 0 Å². The summed E-state index contributed by atoms with van der Waals surface area (Å²) in [5, 5.41) is 5.09. The fourth-order valence-electron chi connectivity index (χ4n) is 5.96. The third kappa shape index (κ3) is 5.03. The molecule has 4 fully saturated rings. The van der Waals surface area contributed by atoms with Gasteiger partial charge in [0.15, 0.2) is 5.13 Å². The van der Waals surface area contributed by atoms with Crippen molar-refractivity contribution in [3.63, 3.8) is 0 Å². The van der Waals surface area contributed by atoms with E-state index in [2.05, 4.69) is 14.8 Å². The first-order valence-corrected chi connectivity index (χ1v) is 14.3. The van der Waals surface area contributed by atoms with Gasteiger partial charge >= 0.3 is 12.3 Å². The number of hydrogen-bond donors (Lipinski definition) is 0. The number of hydrogen-bond acceptors (Lipinski definition) is 9. The maximum Gasteiger partial charge on any atom is 0.573 e. The number of para-hydroxylation sites is 1. The van der Waals surface area contributed by atoms with Gasteiger partial charge in [-0.3, -0.25) is 0 Å². The molecule has 2 saturated carbocycles. The normalized spacial score (nSPS) is 22.0. The maximum atomic E-state index is 13.1. The number of ether oxygens (including phenoxy) is 3. The number of halogens is 3. The largest absolute Gasteiger partial charge is 0.573 e. The van der Waals surface area contributed by atoms with E-state index in [0.29, 0.717) is 34.4 Å². The molecule has 12 heteroatoms. The lowest BCUT2D eigenvalue weighted by Gasteiger charge is -2.53. The Balaban J connectivity index is 1.07. The molecule has 2 aliphatic carbocycles. The van der Waals surface area contributed by atoms with Gasteiger partial charge < -0.3 is 23.6 Å². The van der Waals surface area contributed by atoms with Gasteiger partial charge in [0.25, 0.3) is 0 Å². The van der Waals surface area contributed by atoms with Crippen LogP contribution in [0.5, 0.6) is 5.75 Å². The second-order valence-electron chi connectivity index (χ2n) is 10.8. The molecular formula is C29H26F3N3O5S. The Morgan fingerprint density at radius 3 is 2.66 bits per heavy atom.